The minimum absolute atomic E-state index is 0.386. The Hall–Kier alpha value is -1.02. The zero-order valence-corrected chi connectivity index (χ0v) is 11.5. The number of aliphatic hydroxyl groups is 1. The molecule has 1 aliphatic rings. The van der Waals surface area contributed by atoms with Crippen molar-refractivity contribution in [3.63, 3.8) is 0 Å². The molecule has 1 aliphatic carbocycles. The smallest absolute Gasteiger partial charge is 0.124 e. The minimum Gasteiger partial charge on any atom is -0.496 e. The molecule has 1 unspecified atom stereocenters. The molecule has 0 bridgehead atoms. The van der Waals surface area contributed by atoms with Crippen LogP contribution in [-0.4, -0.2) is 12.2 Å². The topological polar surface area (TPSA) is 29.5 Å². The third-order valence-electron chi connectivity index (χ3n) is 4.03. The summed E-state index contributed by atoms with van der Waals surface area (Å²) in [5.74, 6) is 1.49. The predicted molar refractivity (Wildman–Crippen MR) is 73.9 cm³/mol. The molecule has 0 spiro atoms. The lowest BCUT2D eigenvalue weighted by Gasteiger charge is -2.25. The molecule has 0 saturated heterocycles. The van der Waals surface area contributed by atoms with Gasteiger partial charge < -0.3 is 9.84 Å². The van der Waals surface area contributed by atoms with Gasteiger partial charge in [-0.2, -0.15) is 0 Å². The van der Waals surface area contributed by atoms with E-state index in [-0.39, 0.29) is 6.10 Å². The summed E-state index contributed by atoms with van der Waals surface area (Å²) in [5.41, 5.74) is 2.12. The third-order valence-corrected chi connectivity index (χ3v) is 4.03. The van der Waals surface area contributed by atoms with Crippen LogP contribution in [0.15, 0.2) is 18.2 Å². The van der Waals surface area contributed by atoms with Gasteiger partial charge in [0, 0.05) is 5.56 Å². The molecule has 2 heteroatoms. The van der Waals surface area contributed by atoms with E-state index in [1.807, 2.05) is 18.2 Å². The maximum absolute atomic E-state index is 10.4. The lowest BCUT2D eigenvalue weighted by atomic mass is 9.84. The molecule has 18 heavy (non-hydrogen) atoms. The Morgan fingerprint density at radius 2 is 2.00 bits per heavy atom. The van der Waals surface area contributed by atoms with Gasteiger partial charge in [-0.25, -0.2) is 0 Å². The summed E-state index contributed by atoms with van der Waals surface area (Å²) >= 11 is 0. The Kier molecular flexibility index (Phi) is 4.65. The highest BCUT2D eigenvalue weighted by atomic mass is 16.5. The summed E-state index contributed by atoms with van der Waals surface area (Å²) in [6.45, 7) is 2.05. The molecule has 0 aliphatic heterocycles. The zero-order valence-electron chi connectivity index (χ0n) is 11.5. The first-order valence-electron chi connectivity index (χ1n) is 7.03. The van der Waals surface area contributed by atoms with Crippen LogP contribution in [0.2, 0.25) is 0 Å². The van der Waals surface area contributed by atoms with E-state index in [9.17, 15) is 5.11 Å². The van der Waals surface area contributed by atoms with E-state index in [1.54, 1.807) is 7.11 Å². The first kappa shape index (κ1) is 13.4. The second-order valence-electron chi connectivity index (χ2n) is 5.50. The van der Waals surface area contributed by atoms with E-state index in [1.165, 1.54) is 37.7 Å². The number of hydrogen-bond acceptors (Lipinski definition) is 2. The van der Waals surface area contributed by atoms with Crippen molar-refractivity contribution in [1.29, 1.82) is 0 Å². The average molecular weight is 248 g/mol. The van der Waals surface area contributed by atoms with E-state index in [0.717, 1.165) is 17.7 Å². The molecule has 2 nitrogen and oxygen atoms in total. The summed E-state index contributed by atoms with van der Waals surface area (Å²) in [7, 11) is 1.67. The first-order valence-corrected chi connectivity index (χ1v) is 7.03. The molecule has 1 fully saturated rings. The fraction of sp³-hybridized carbons (Fsp3) is 0.625. The molecule has 100 valence electrons. The lowest BCUT2D eigenvalue weighted by Crippen LogP contribution is -2.12. The number of aryl methyl sites for hydroxylation is 1. The van der Waals surface area contributed by atoms with Gasteiger partial charge in [-0.15, -0.1) is 0 Å². The van der Waals surface area contributed by atoms with Gasteiger partial charge in [-0.05, 0) is 31.4 Å². The van der Waals surface area contributed by atoms with E-state index < -0.39 is 0 Å². The van der Waals surface area contributed by atoms with Gasteiger partial charge in [-0.3, -0.25) is 0 Å². The molecule has 0 amide bonds. The van der Waals surface area contributed by atoms with E-state index in [4.69, 9.17) is 4.74 Å². The van der Waals surface area contributed by atoms with Crippen LogP contribution in [-0.2, 0) is 0 Å². The molecular formula is C16H24O2. The quantitative estimate of drug-likeness (QED) is 0.872. The van der Waals surface area contributed by atoms with Crippen LogP contribution in [0, 0.1) is 12.8 Å². The first-order chi connectivity index (χ1) is 8.70. The monoisotopic (exact) mass is 248 g/mol. The van der Waals surface area contributed by atoms with Gasteiger partial charge in [0.15, 0.2) is 0 Å². The second-order valence-corrected chi connectivity index (χ2v) is 5.50. The lowest BCUT2D eigenvalue weighted by molar-refractivity contribution is 0.128. The van der Waals surface area contributed by atoms with Crippen molar-refractivity contribution in [3.8, 4) is 5.75 Å². The van der Waals surface area contributed by atoms with Crippen molar-refractivity contribution in [2.24, 2.45) is 5.92 Å². The molecule has 0 aromatic heterocycles. The highest BCUT2D eigenvalue weighted by Crippen LogP contribution is 2.35. The third kappa shape index (κ3) is 3.26. The Morgan fingerprint density at radius 3 is 2.67 bits per heavy atom. The number of benzene rings is 1. The van der Waals surface area contributed by atoms with Crippen LogP contribution in [0.1, 0.15) is 55.8 Å². The van der Waals surface area contributed by atoms with Crippen molar-refractivity contribution in [3.05, 3.63) is 29.3 Å². The van der Waals surface area contributed by atoms with Gasteiger partial charge in [-0.1, -0.05) is 43.7 Å². The standard InChI is InChI=1S/C16H24O2/c1-12-8-9-16(18-2)14(10-12)15(17)11-13-6-4-3-5-7-13/h8-10,13,15,17H,3-7,11H2,1-2H3. The molecule has 1 aromatic carbocycles. The highest BCUT2D eigenvalue weighted by molar-refractivity contribution is 5.38. The average Bonchev–Trinajstić information content (AvgIpc) is 2.40. The summed E-state index contributed by atoms with van der Waals surface area (Å²) in [5, 5.41) is 10.4. The molecular weight excluding hydrogens is 224 g/mol. The van der Waals surface area contributed by atoms with Gasteiger partial charge in [0.2, 0.25) is 0 Å². The number of hydrogen-bond donors (Lipinski definition) is 1. The Morgan fingerprint density at radius 1 is 1.28 bits per heavy atom. The summed E-state index contributed by atoms with van der Waals surface area (Å²) < 4.78 is 5.35. The highest BCUT2D eigenvalue weighted by Gasteiger charge is 2.20. The van der Waals surface area contributed by atoms with E-state index in [0.29, 0.717) is 5.92 Å². The molecule has 1 atom stereocenters. The van der Waals surface area contributed by atoms with Crippen molar-refractivity contribution in [1.82, 2.24) is 0 Å². The van der Waals surface area contributed by atoms with Gasteiger partial charge in [0.25, 0.3) is 0 Å². The van der Waals surface area contributed by atoms with Crippen LogP contribution in [0.25, 0.3) is 0 Å². The molecule has 2 rings (SSSR count). The number of methoxy groups -OCH3 is 1. The van der Waals surface area contributed by atoms with Crippen LogP contribution in [0.4, 0.5) is 0 Å². The summed E-state index contributed by atoms with van der Waals surface area (Å²) in [4.78, 5) is 0. The summed E-state index contributed by atoms with van der Waals surface area (Å²) in [6, 6.07) is 6.02. The van der Waals surface area contributed by atoms with Crippen molar-refractivity contribution < 1.29 is 9.84 Å². The number of rotatable bonds is 4. The maximum atomic E-state index is 10.4. The molecule has 0 radical (unpaired) electrons. The molecule has 1 saturated carbocycles. The Bertz CT molecular complexity index is 381. The maximum Gasteiger partial charge on any atom is 0.124 e. The van der Waals surface area contributed by atoms with Crippen LogP contribution in [0.3, 0.4) is 0 Å². The van der Waals surface area contributed by atoms with E-state index >= 15 is 0 Å². The predicted octanol–water partition coefficient (Wildman–Crippen LogP) is 4.01. The normalized spacial score (nSPS) is 18.6. The van der Waals surface area contributed by atoms with Crippen molar-refractivity contribution in [2.75, 3.05) is 7.11 Å². The van der Waals surface area contributed by atoms with Crippen LogP contribution < -0.4 is 4.74 Å². The van der Waals surface area contributed by atoms with Crippen molar-refractivity contribution in [2.45, 2.75) is 51.6 Å². The largest absolute Gasteiger partial charge is 0.496 e. The minimum atomic E-state index is -0.386. The fourth-order valence-electron chi connectivity index (χ4n) is 2.98. The SMILES string of the molecule is COc1ccc(C)cc1C(O)CC1CCCCC1. The van der Waals surface area contributed by atoms with E-state index in [2.05, 4.69) is 6.92 Å². The van der Waals surface area contributed by atoms with Crippen LogP contribution in [0.5, 0.6) is 5.75 Å². The Balaban J connectivity index is 2.07. The van der Waals surface area contributed by atoms with Crippen LogP contribution >= 0.6 is 0 Å². The molecule has 1 aromatic rings. The second kappa shape index (κ2) is 6.24. The fourth-order valence-corrected chi connectivity index (χ4v) is 2.98. The number of ether oxygens (including phenoxy) is 1. The number of aliphatic hydroxyl groups excluding tert-OH is 1. The molecule has 1 N–H and O–H groups in total. The van der Waals surface area contributed by atoms with Gasteiger partial charge in [0.05, 0.1) is 13.2 Å². The molecule has 0 heterocycles. The van der Waals surface area contributed by atoms with Gasteiger partial charge >= 0.3 is 0 Å². The Labute approximate surface area is 110 Å². The van der Waals surface area contributed by atoms with Gasteiger partial charge in [0.1, 0.15) is 5.75 Å². The zero-order chi connectivity index (χ0) is 13.0. The van der Waals surface area contributed by atoms with Crippen molar-refractivity contribution >= 4 is 0 Å². The summed E-state index contributed by atoms with van der Waals surface area (Å²) in [6.07, 6.45) is 7.03.